The second-order valence-corrected chi connectivity index (χ2v) is 6.16. The van der Waals surface area contributed by atoms with Gasteiger partial charge in [-0.3, -0.25) is 5.32 Å². The van der Waals surface area contributed by atoms with Crippen LogP contribution in [0, 0.1) is 6.92 Å². The Balaban J connectivity index is 1.72. The summed E-state index contributed by atoms with van der Waals surface area (Å²) in [6.07, 6.45) is 0.0187. The van der Waals surface area contributed by atoms with Gasteiger partial charge in [0.2, 0.25) is 0 Å². The zero-order chi connectivity index (χ0) is 18.5. The lowest BCUT2D eigenvalue weighted by molar-refractivity contribution is 0.243. The second kappa shape index (κ2) is 7.74. The zero-order valence-electron chi connectivity index (χ0n) is 15.1. The number of rotatable bonds is 5. The average molecular weight is 350 g/mol. The standard InChI is InChI=1S/C20H22N4O2/c1-14(2)26-18-12-8-7-11-17(18)21-20(25)22-19-13-15(3)24(23-19)16-9-5-4-6-10-16/h4-14H,1-3H3,(H2,21,22,23,25). The van der Waals surface area contributed by atoms with Gasteiger partial charge in [0.15, 0.2) is 5.82 Å². The molecule has 0 spiro atoms. The van der Waals surface area contributed by atoms with Gasteiger partial charge >= 0.3 is 6.03 Å². The summed E-state index contributed by atoms with van der Waals surface area (Å²) in [6, 6.07) is 18.5. The highest BCUT2D eigenvalue weighted by molar-refractivity contribution is 6.00. The number of para-hydroxylation sites is 3. The van der Waals surface area contributed by atoms with Gasteiger partial charge in [0.05, 0.1) is 17.5 Å². The molecule has 0 fully saturated rings. The Morgan fingerprint density at radius 2 is 1.73 bits per heavy atom. The molecule has 1 heterocycles. The maximum atomic E-state index is 12.3. The smallest absolute Gasteiger partial charge is 0.325 e. The summed E-state index contributed by atoms with van der Waals surface area (Å²) in [5.74, 6) is 1.11. The number of ether oxygens (including phenoxy) is 1. The van der Waals surface area contributed by atoms with Crippen LogP contribution < -0.4 is 15.4 Å². The Morgan fingerprint density at radius 3 is 2.46 bits per heavy atom. The minimum Gasteiger partial charge on any atom is -0.489 e. The molecule has 134 valence electrons. The third-order valence-electron chi connectivity index (χ3n) is 3.63. The van der Waals surface area contributed by atoms with Crippen LogP contribution in [0.1, 0.15) is 19.5 Å². The van der Waals surface area contributed by atoms with E-state index in [2.05, 4.69) is 15.7 Å². The number of aromatic nitrogens is 2. The number of carbonyl (C=O) groups excluding carboxylic acids is 1. The van der Waals surface area contributed by atoms with E-state index in [0.29, 0.717) is 17.3 Å². The van der Waals surface area contributed by atoms with E-state index in [1.54, 1.807) is 10.7 Å². The SMILES string of the molecule is Cc1cc(NC(=O)Nc2ccccc2OC(C)C)nn1-c1ccccc1. The predicted molar refractivity (Wildman–Crippen MR) is 103 cm³/mol. The van der Waals surface area contributed by atoms with Gasteiger partial charge in [0.1, 0.15) is 5.75 Å². The van der Waals surface area contributed by atoms with Gasteiger partial charge in [-0.1, -0.05) is 30.3 Å². The van der Waals surface area contributed by atoms with Crippen molar-refractivity contribution in [1.29, 1.82) is 0 Å². The van der Waals surface area contributed by atoms with Gasteiger partial charge in [-0.05, 0) is 45.0 Å². The van der Waals surface area contributed by atoms with Crippen molar-refractivity contribution in [2.24, 2.45) is 0 Å². The number of amides is 2. The summed E-state index contributed by atoms with van der Waals surface area (Å²) in [5.41, 5.74) is 2.47. The molecule has 2 N–H and O–H groups in total. The molecule has 0 bridgehead atoms. The van der Waals surface area contributed by atoms with Crippen LogP contribution in [0.5, 0.6) is 5.75 Å². The number of nitrogens with zero attached hydrogens (tertiary/aromatic N) is 2. The highest BCUT2D eigenvalue weighted by Crippen LogP contribution is 2.25. The summed E-state index contributed by atoms with van der Waals surface area (Å²) in [6.45, 7) is 5.82. The Labute approximate surface area is 152 Å². The molecule has 6 nitrogen and oxygen atoms in total. The molecule has 26 heavy (non-hydrogen) atoms. The molecule has 1 aromatic heterocycles. The molecule has 0 aliphatic rings. The Kier molecular flexibility index (Phi) is 5.22. The maximum absolute atomic E-state index is 12.3. The fourth-order valence-electron chi connectivity index (χ4n) is 2.56. The van der Waals surface area contributed by atoms with E-state index in [0.717, 1.165) is 11.4 Å². The van der Waals surface area contributed by atoms with Crippen LogP contribution in [0.3, 0.4) is 0 Å². The first-order chi connectivity index (χ1) is 12.5. The van der Waals surface area contributed by atoms with Gasteiger partial charge in [0, 0.05) is 11.8 Å². The second-order valence-electron chi connectivity index (χ2n) is 6.16. The molecule has 0 saturated carbocycles. The quantitative estimate of drug-likeness (QED) is 0.706. The summed E-state index contributed by atoms with van der Waals surface area (Å²) in [4.78, 5) is 12.3. The van der Waals surface area contributed by atoms with Gasteiger partial charge in [-0.2, -0.15) is 0 Å². The van der Waals surface area contributed by atoms with Crippen LogP contribution in [0.25, 0.3) is 5.69 Å². The number of urea groups is 1. The lowest BCUT2D eigenvalue weighted by Gasteiger charge is -2.14. The van der Waals surface area contributed by atoms with E-state index in [-0.39, 0.29) is 12.1 Å². The summed E-state index contributed by atoms with van der Waals surface area (Å²) in [5, 5.41) is 10.0. The molecule has 0 aliphatic carbocycles. The third-order valence-corrected chi connectivity index (χ3v) is 3.63. The number of hydrogen-bond acceptors (Lipinski definition) is 3. The number of nitrogens with one attached hydrogen (secondary N) is 2. The van der Waals surface area contributed by atoms with Crippen LogP contribution in [0.15, 0.2) is 60.7 Å². The predicted octanol–water partition coefficient (Wildman–Crippen LogP) is 4.61. The van der Waals surface area contributed by atoms with Gasteiger partial charge in [-0.15, -0.1) is 5.10 Å². The largest absolute Gasteiger partial charge is 0.489 e. The van der Waals surface area contributed by atoms with E-state index in [4.69, 9.17) is 4.74 Å². The zero-order valence-corrected chi connectivity index (χ0v) is 15.1. The van der Waals surface area contributed by atoms with Crippen molar-refractivity contribution in [3.8, 4) is 11.4 Å². The molecule has 6 heteroatoms. The molecule has 0 atom stereocenters. The fourth-order valence-corrected chi connectivity index (χ4v) is 2.56. The van der Waals surface area contributed by atoms with E-state index in [1.165, 1.54) is 0 Å². The van der Waals surface area contributed by atoms with Crippen LogP contribution in [0.2, 0.25) is 0 Å². The molecular weight excluding hydrogens is 328 g/mol. The lowest BCUT2D eigenvalue weighted by Crippen LogP contribution is -2.20. The van der Waals surface area contributed by atoms with Crippen molar-refractivity contribution < 1.29 is 9.53 Å². The maximum Gasteiger partial charge on any atom is 0.325 e. The Hall–Kier alpha value is -3.28. The molecule has 2 amide bonds. The molecule has 0 unspecified atom stereocenters. The fraction of sp³-hybridized carbons (Fsp3) is 0.200. The first-order valence-electron chi connectivity index (χ1n) is 8.48. The van der Waals surface area contributed by atoms with Crippen LogP contribution in [0.4, 0.5) is 16.3 Å². The van der Waals surface area contributed by atoms with Crippen LogP contribution >= 0.6 is 0 Å². The minimum atomic E-state index is -0.373. The van der Waals surface area contributed by atoms with Crippen LogP contribution in [-0.2, 0) is 0 Å². The number of anilines is 2. The molecule has 2 aromatic carbocycles. The first kappa shape index (κ1) is 17.5. The van der Waals surface area contributed by atoms with E-state index in [1.807, 2.05) is 75.4 Å². The number of benzene rings is 2. The van der Waals surface area contributed by atoms with Crippen molar-refractivity contribution in [3.63, 3.8) is 0 Å². The van der Waals surface area contributed by atoms with E-state index < -0.39 is 0 Å². The minimum absolute atomic E-state index is 0.0187. The number of hydrogen-bond donors (Lipinski definition) is 2. The van der Waals surface area contributed by atoms with Crippen molar-refractivity contribution in [2.75, 3.05) is 10.6 Å². The van der Waals surface area contributed by atoms with Crippen LogP contribution in [-0.4, -0.2) is 21.9 Å². The molecule has 0 radical (unpaired) electrons. The topological polar surface area (TPSA) is 68.2 Å². The summed E-state index contributed by atoms with van der Waals surface area (Å²) < 4.78 is 7.50. The number of aryl methyl sites for hydroxylation is 1. The normalized spacial score (nSPS) is 10.6. The first-order valence-corrected chi connectivity index (χ1v) is 8.48. The molecule has 3 aromatic rings. The Bertz CT molecular complexity index is 888. The molecular formula is C20H22N4O2. The van der Waals surface area contributed by atoms with Gasteiger partial charge < -0.3 is 10.1 Å². The molecule has 0 aliphatic heterocycles. The monoisotopic (exact) mass is 350 g/mol. The van der Waals surface area contributed by atoms with Gasteiger partial charge in [-0.25, -0.2) is 9.48 Å². The Morgan fingerprint density at radius 1 is 1.04 bits per heavy atom. The molecule has 0 saturated heterocycles. The number of carbonyl (C=O) groups is 1. The highest BCUT2D eigenvalue weighted by Gasteiger charge is 2.12. The summed E-state index contributed by atoms with van der Waals surface area (Å²) in [7, 11) is 0. The van der Waals surface area contributed by atoms with E-state index in [9.17, 15) is 4.79 Å². The van der Waals surface area contributed by atoms with Crippen molar-refractivity contribution in [3.05, 3.63) is 66.4 Å². The van der Waals surface area contributed by atoms with Crippen molar-refractivity contribution in [1.82, 2.24) is 9.78 Å². The van der Waals surface area contributed by atoms with Crippen molar-refractivity contribution in [2.45, 2.75) is 26.9 Å². The van der Waals surface area contributed by atoms with Gasteiger partial charge in [0.25, 0.3) is 0 Å². The summed E-state index contributed by atoms with van der Waals surface area (Å²) >= 11 is 0. The molecule has 3 rings (SSSR count). The van der Waals surface area contributed by atoms with E-state index >= 15 is 0 Å². The third kappa shape index (κ3) is 4.22. The highest BCUT2D eigenvalue weighted by atomic mass is 16.5. The van der Waals surface area contributed by atoms with Crippen molar-refractivity contribution >= 4 is 17.5 Å². The lowest BCUT2D eigenvalue weighted by atomic mass is 10.3. The average Bonchev–Trinajstić information content (AvgIpc) is 2.97.